The zero-order valence-corrected chi connectivity index (χ0v) is 19.7. The van der Waals surface area contributed by atoms with Gasteiger partial charge in [-0.1, -0.05) is 35.9 Å². The number of benzene rings is 2. The lowest BCUT2D eigenvalue weighted by Crippen LogP contribution is -2.47. The summed E-state index contributed by atoms with van der Waals surface area (Å²) < 4.78 is 1.90. The number of nitrogens with zero attached hydrogens (tertiary/aromatic N) is 5. The van der Waals surface area contributed by atoms with Crippen molar-refractivity contribution >= 4 is 40.8 Å². The maximum Gasteiger partial charge on any atom is 0.160 e. The van der Waals surface area contributed by atoms with Gasteiger partial charge in [-0.2, -0.15) is 5.26 Å². The quantitative estimate of drug-likeness (QED) is 0.256. The Morgan fingerprint density at radius 1 is 1.23 bits per heavy atom. The van der Waals surface area contributed by atoms with Gasteiger partial charge < -0.3 is 20.3 Å². The number of nitrogen functional groups attached to an aromatic ring is 1. The molecule has 0 amide bonds. The van der Waals surface area contributed by atoms with E-state index in [2.05, 4.69) is 14.9 Å². The van der Waals surface area contributed by atoms with Gasteiger partial charge in [-0.15, -0.1) is 0 Å². The summed E-state index contributed by atoms with van der Waals surface area (Å²) >= 11 is 6.02. The molecule has 0 spiro atoms. The Bertz CT molecular complexity index is 1430. The molecule has 0 saturated carbocycles. The van der Waals surface area contributed by atoms with Crippen molar-refractivity contribution in [3.8, 4) is 22.9 Å². The first-order chi connectivity index (χ1) is 16.9. The van der Waals surface area contributed by atoms with Crippen LogP contribution in [0.5, 0.6) is 0 Å². The van der Waals surface area contributed by atoms with Gasteiger partial charge in [0.15, 0.2) is 11.9 Å². The van der Waals surface area contributed by atoms with Crippen molar-refractivity contribution in [2.75, 3.05) is 25.9 Å². The van der Waals surface area contributed by atoms with Gasteiger partial charge in [0.25, 0.3) is 0 Å². The average molecular weight is 487 g/mol. The molecule has 1 saturated heterocycles. The number of aldehydes is 1. The fourth-order valence-electron chi connectivity index (χ4n) is 3.83. The molecule has 2 aromatic heterocycles. The first-order valence-corrected chi connectivity index (χ1v) is 11.2. The van der Waals surface area contributed by atoms with Crippen LogP contribution in [0.2, 0.25) is 5.02 Å². The minimum absolute atomic E-state index is 0.0324. The molecule has 176 valence electrons. The van der Waals surface area contributed by atoms with Gasteiger partial charge >= 0.3 is 0 Å². The number of nitrogens with two attached hydrogens (primary N) is 1. The van der Waals surface area contributed by atoms with Crippen LogP contribution in [0.15, 0.2) is 66.6 Å². The number of fused-ring (bicyclic) bond motifs is 1. The molecule has 35 heavy (non-hydrogen) atoms. The maximum atomic E-state index is 11.0. The summed E-state index contributed by atoms with van der Waals surface area (Å²) in [5.41, 5.74) is 10.2. The summed E-state index contributed by atoms with van der Waals surface area (Å²) in [6, 6.07) is 16.8. The number of allylic oxidation sites excluding steroid dienone is 1. The van der Waals surface area contributed by atoms with E-state index in [0.29, 0.717) is 22.8 Å². The van der Waals surface area contributed by atoms with E-state index in [1.807, 2.05) is 72.4 Å². The summed E-state index contributed by atoms with van der Waals surface area (Å²) in [6.45, 7) is 1.72. The van der Waals surface area contributed by atoms with Crippen LogP contribution in [0.4, 0.5) is 5.82 Å². The van der Waals surface area contributed by atoms with Crippen molar-refractivity contribution < 1.29 is 9.90 Å². The highest BCUT2D eigenvalue weighted by Gasteiger charge is 2.19. The van der Waals surface area contributed by atoms with Crippen LogP contribution in [0, 0.1) is 11.3 Å². The van der Waals surface area contributed by atoms with Crippen molar-refractivity contribution in [1.29, 1.82) is 5.26 Å². The van der Waals surface area contributed by atoms with E-state index >= 15 is 0 Å². The highest BCUT2D eigenvalue weighted by Crippen LogP contribution is 2.34. The number of likely N-dealkylation sites (N-methyl/N-ethyl adjacent to an activating group) is 1. The van der Waals surface area contributed by atoms with Crippen LogP contribution >= 0.6 is 11.6 Å². The highest BCUT2D eigenvalue weighted by molar-refractivity contribution is 6.30. The third kappa shape index (κ3) is 5.39. The summed E-state index contributed by atoms with van der Waals surface area (Å²) in [7, 11) is 1.99. The molecule has 1 fully saturated rings. The molecule has 1 aliphatic rings. The van der Waals surface area contributed by atoms with Gasteiger partial charge in [0.2, 0.25) is 0 Å². The second-order valence-electron chi connectivity index (χ2n) is 8.18. The van der Waals surface area contributed by atoms with Crippen LogP contribution in [-0.4, -0.2) is 57.1 Å². The second-order valence-corrected chi connectivity index (χ2v) is 8.61. The smallest absolute Gasteiger partial charge is 0.160 e. The Morgan fingerprint density at radius 3 is 2.57 bits per heavy atom. The van der Waals surface area contributed by atoms with E-state index in [1.165, 1.54) is 12.4 Å². The first kappa shape index (κ1) is 24.1. The molecule has 0 atom stereocenters. The van der Waals surface area contributed by atoms with Crippen LogP contribution in [0.3, 0.4) is 0 Å². The summed E-state index contributed by atoms with van der Waals surface area (Å²) in [5, 5.41) is 19.0. The number of β-amino-alcohol motifs (C(OH)–C–C–N with tert-alkyl or cyclic N) is 1. The molecular formula is C26H23ClN6O2. The molecule has 0 aliphatic carbocycles. The number of halogens is 1. The Kier molecular flexibility index (Phi) is 7.22. The van der Waals surface area contributed by atoms with Crippen LogP contribution in [0.1, 0.15) is 5.56 Å². The molecule has 2 aromatic carbocycles. The number of hydrogen-bond donors (Lipinski definition) is 2. The van der Waals surface area contributed by atoms with Crippen molar-refractivity contribution in [2.45, 2.75) is 6.10 Å². The number of anilines is 1. The number of nitriles is 1. The SMILES string of the molecule is CN1CC(O)C1.N#C/C(C=O)=C\c1cccc(-n2cc(-c3ccc(Cl)cc3)c3c(N)ncnc32)c1. The molecule has 3 heterocycles. The van der Waals surface area contributed by atoms with Gasteiger partial charge in [0.05, 0.1) is 17.1 Å². The minimum Gasteiger partial charge on any atom is -0.390 e. The largest absolute Gasteiger partial charge is 0.390 e. The normalized spacial score (nSPS) is 14.1. The Hall–Kier alpha value is -4.03. The lowest BCUT2D eigenvalue weighted by Gasteiger charge is -2.31. The summed E-state index contributed by atoms with van der Waals surface area (Å²) in [6.07, 6.45) is 5.39. The standard InChI is InChI=1S/C22H14ClN5O.C4H9NO/c23-17-6-4-16(5-7-17)19-11-28(22-20(19)21(25)26-13-27-22)18-3-1-2-14(9-18)8-15(10-24)12-29;1-5-2-4(6)3-5/h1-9,11-13H,(H2,25,26,27);4,6H,2-3H2,1H3/b15-8+;. The van der Waals surface area contributed by atoms with Crippen LogP contribution < -0.4 is 5.73 Å². The van der Waals surface area contributed by atoms with Crippen LogP contribution in [0.25, 0.3) is 33.9 Å². The van der Waals surface area contributed by atoms with Gasteiger partial charge in [0.1, 0.15) is 18.2 Å². The number of aliphatic hydroxyl groups excluding tert-OH is 1. The monoisotopic (exact) mass is 486 g/mol. The number of aromatic nitrogens is 3. The van der Waals surface area contributed by atoms with E-state index in [9.17, 15) is 4.79 Å². The Morgan fingerprint density at radius 2 is 1.97 bits per heavy atom. The third-order valence-corrected chi connectivity index (χ3v) is 5.79. The van der Waals surface area contributed by atoms with E-state index in [0.717, 1.165) is 40.9 Å². The lowest BCUT2D eigenvalue weighted by molar-refractivity contribution is -0.104. The number of carbonyl (C=O) groups is 1. The lowest BCUT2D eigenvalue weighted by atomic mass is 10.1. The van der Waals surface area contributed by atoms with Crippen LogP contribution in [-0.2, 0) is 4.79 Å². The predicted molar refractivity (Wildman–Crippen MR) is 137 cm³/mol. The van der Waals surface area contributed by atoms with Gasteiger partial charge in [-0.25, -0.2) is 9.97 Å². The maximum absolute atomic E-state index is 11.0. The fourth-order valence-corrected chi connectivity index (χ4v) is 3.96. The van der Waals surface area contributed by atoms with Crippen molar-refractivity contribution in [3.05, 3.63) is 77.2 Å². The van der Waals surface area contributed by atoms with E-state index < -0.39 is 0 Å². The summed E-state index contributed by atoms with van der Waals surface area (Å²) in [4.78, 5) is 21.6. The predicted octanol–water partition coefficient (Wildman–Crippen LogP) is 3.72. The third-order valence-electron chi connectivity index (χ3n) is 5.54. The Labute approximate surface area is 207 Å². The molecule has 1 aliphatic heterocycles. The molecule has 0 bridgehead atoms. The molecule has 0 radical (unpaired) electrons. The topological polar surface area (TPSA) is 121 Å². The van der Waals surface area contributed by atoms with Crippen molar-refractivity contribution in [3.63, 3.8) is 0 Å². The van der Waals surface area contributed by atoms with E-state index in [-0.39, 0.29) is 11.7 Å². The molecule has 4 aromatic rings. The molecule has 5 rings (SSSR count). The fraction of sp³-hybridized carbons (Fsp3) is 0.154. The number of aliphatic hydroxyl groups is 1. The molecule has 0 unspecified atom stereocenters. The number of rotatable bonds is 4. The zero-order chi connectivity index (χ0) is 24.9. The zero-order valence-electron chi connectivity index (χ0n) is 19.0. The molecular weight excluding hydrogens is 464 g/mol. The summed E-state index contributed by atoms with van der Waals surface area (Å²) in [5.74, 6) is 0.377. The molecule has 3 N–H and O–H groups in total. The number of carbonyl (C=O) groups excluding carboxylic acids is 1. The average Bonchev–Trinajstić information content (AvgIpc) is 3.24. The molecule has 9 heteroatoms. The number of likely N-dealkylation sites (tertiary alicyclic amines) is 1. The minimum atomic E-state index is -0.0324. The van der Waals surface area contributed by atoms with E-state index in [4.69, 9.17) is 27.7 Å². The van der Waals surface area contributed by atoms with Gasteiger partial charge in [0, 0.05) is 35.6 Å². The molecule has 8 nitrogen and oxygen atoms in total. The van der Waals surface area contributed by atoms with Crippen molar-refractivity contribution in [1.82, 2.24) is 19.4 Å². The van der Waals surface area contributed by atoms with Gasteiger partial charge in [-0.05, 0) is 48.5 Å². The first-order valence-electron chi connectivity index (χ1n) is 10.8. The highest BCUT2D eigenvalue weighted by atomic mass is 35.5. The van der Waals surface area contributed by atoms with E-state index in [1.54, 1.807) is 0 Å². The van der Waals surface area contributed by atoms with Gasteiger partial charge in [-0.3, -0.25) is 4.79 Å². The number of hydrogen-bond acceptors (Lipinski definition) is 7. The second kappa shape index (κ2) is 10.5. The van der Waals surface area contributed by atoms with Crippen molar-refractivity contribution in [2.24, 2.45) is 0 Å². The Balaban J connectivity index is 0.000000421.